The van der Waals surface area contributed by atoms with Gasteiger partial charge in [-0.2, -0.15) is 5.10 Å². The zero-order chi connectivity index (χ0) is 14.0. The lowest BCUT2D eigenvalue weighted by atomic mass is 10.0. The van der Waals surface area contributed by atoms with Crippen LogP contribution in [0.4, 0.5) is 0 Å². The van der Waals surface area contributed by atoms with E-state index >= 15 is 0 Å². The Labute approximate surface area is 121 Å². The molecule has 2 aromatic heterocycles. The lowest BCUT2D eigenvalue weighted by Crippen LogP contribution is -2.12. The number of ketones is 1. The van der Waals surface area contributed by atoms with Gasteiger partial charge in [0.25, 0.3) is 0 Å². The van der Waals surface area contributed by atoms with Crippen molar-refractivity contribution in [2.24, 2.45) is 7.05 Å². The topological polar surface area (TPSA) is 47.8 Å². The molecule has 0 amide bonds. The highest BCUT2D eigenvalue weighted by Gasteiger charge is 2.18. The summed E-state index contributed by atoms with van der Waals surface area (Å²) in [5.74, 6) is 0.0288. The van der Waals surface area contributed by atoms with Crippen LogP contribution in [-0.2, 0) is 19.9 Å². The maximum atomic E-state index is 12.4. The zero-order valence-corrected chi connectivity index (χ0v) is 12.9. The van der Waals surface area contributed by atoms with E-state index in [0.717, 1.165) is 27.8 Å². The largest absolute Gasteiger partial charge is 0.292 e. The van der Waals surface area contributed by atoms with Crippen molar-refractivity contribution in [3.63, 3.8) is 0 Å². The maximum absolute atomic E-state index is 12.4. The smallest absolute Gasteiger partial charge is 0.187 e. The van der Waals surface area contributed by atoms with Gasteiger partial charge in [-0.15, -0.1) is 0 Å². The Balaban J connectivity index is 2.31. The molecule has 0 saturated carbocycles. The first kappa shape index (κ1) is 13.9. The van der Waals surface area contributed by atoms with Gasteiger partial charge in [-0.1, -0.05) is 13.0 Å². The van der Waals surface area contributed by atoms with Crippen molar-refractivity contribution in [3.05, 3.63) is 45.4 Å². The summed E-state index contributed by atoms with van der Waals surface area (Å²) in [4.78, 5) is 16.6. The highest BCUT2D eigenvalue weighted by Crippen LogP contribution is 2.22. The second-order valence-corrected chi connectivity index (χ2v) is 5.23. The van der Waals surface area contributed by atoms with Crippen molar-refractivity contribution >= 4 is 21.7 Å². The van der Waals surface area contributed by atoms with Crippen molar-refractivity contribution < 1.29 is 4.79 Å². The van der Waals surface area contributed by atoms with Crippen LogP contribution in [0.5, 0.6) is 0 Å². The molecular formula is C14H16BrN3O. The number of aromatic nitrogens is 3. The molecule has 0 atom stereocenters. The van der Waals surface area contributed by atoms with Gasteiger partial charge in [0.1, 0.15) is 5.69 Å². The third-order valence-corrected chi connectivity index (χ3v) is 4.16. The van der Waals surface area contributed by atoms with Gasteiger partial charge >= 0.3 is 0 Å². The molecule has 100 valence electrons. The molecule has 19 heavy (non-hydrogen) atoms. The van der Waals surface area contributed by atoms with E-state index in [0.29, 0.717) is 12.1 Å². The van der Waals surface area contributed by atoms with Crippen molar-refractivity contribution in [1.29, 1.82) is 0 Å². The van der Waals surface area contributed by atoms with E-state index in [9.17, 15) is 4.79 Å². The molecule has 0 fully saturated rings. The van der Waals surface area contributed by atoms with Gasteiger partial charge in [-0.25, -0.2) is 0 Å². The molecule has 0 radical (unpaired) electrons. The summed E-state index contributed by atoms with van der Waals surface area (Å²) in [7, 11) is 1.85. The van der Waals surface area contributed by atoms with Crippen LogP contribution in [0, 0.1) is 6.92 Å². The minimum absolute atomic E-state index is 0.0288. The minimum atomic E-state index is 0.0288. The van der Waals surface area contributed by atoms with E-state index in [1.807, 2.05) is 33.0 Å². The molecule has 0 aliphatic heterocycles. The van der Waals surface area contributed by atoms with Gasteiger partial charge in [0.15, 0.2) is 5.78 Å². The fraction of sp³-hybridized carbons (Fsp3) is 0.357. The zero-order valence-electron chi connectivity index (χ0n) is 11.3. The van der Waals surface area contributed by atoms with E-state index in [-0.39, 0.29) is 5.78 Å². The van der Waals surface area contributed by atoms with Crippen LogP contribution in [-0.4, -0.2) is 20.5 Å². The fourth-order valence-corrected chi connectivity index (χ4v) is 2.56. The van der Waals surface area contributed by atoms with Gasteiger partial charge in [-0.3, -0.25) is 14.5 Å². The summed E-state index contributed by atoms with van der Waals surface area (Å²) in [6.45, 7) is 3.94. The van der Waals surface area contributed by atoms with Crippen molar-refractivity contribution in [3.8, 4) is 0 Å². The molecule has 0 spiro atoms. The van der Waals surface area contributed by atoms with Crippen LogP contribution < -0.4 is 0 Å². The standard InChI is InChI=1S/C14H16BrN3O/c1-4-10-6-5-7-16-14(10)12(19)8-11-13(15)9(2)17-18(11)3/h5-7H,4,8H2,1-3H3. The van der Waals surface area contributed by atoms with Gasteiger partial charge in [0.2, 0.25) is 0 Å². The quantitative estimate of drug-likeness (QED) is 0.813. The number of halogens is 1. The number of carbonyl (C=O) groups is 1. The SMILES string of the molecule is CCc1cccnc1C(=O)Cc1c(Br)c(C)nn1C. The molecule has 2 aromatic rings. The summed E-state index contributed by atoms with van der Waals surface area (Å²) in [6, 6.07) is 3.81. The molecule has 4 nitrogen and oxygen atoms in total. The first-order valence-corrected chi connectivity index (χ1v) is 6.99. The van der Waals surface area contributed by atoms with Crippen LogP contribution >= 0.6 is 15.9 Å². The number of hydrogen-bond acceptors (Lipinski definition) is 3. The Morgan fingerprint density at radius 2 is 2.21 bits per heavy atom. The first-order valence-electron chi connectivity index (χ1n) is 6.19. The first-order chi connectivity index (χ1) is 9.04. The second-order valence-electron chi connectivity index (χ2n) is 4.43. The Kier molecular flexibility index (Phi) is 4.14. The Hall–Kier alpha value is -1.49. The maximum Gasteiger partial charge on any atom is 0.187 e. The molecule has 0 unspecified atom stereocenters. The predicted octanol–water partition coefficient (Wildman–Crippen LogP) is 2.87. The minimum Gasteiger partial charge on any atom is -0.292 e. The van der Waals surface area contributed by atoms with Crippen molar-refractivity contribution in [2.75, 3.05) is 0 Å². The van der Waals surface area contributed by atoms with Crippen LogP contribution in [0.2, 0.25) is 0 Å². The number of aryl methyl sites for hydroxylation is 3. The lowest BCUT2D eigenvalue weighted by Gasteiger charge is -2.06. The van der Waals surface area contributed by atoms with Gasteiger partial charge in [0.05, 0.1) is 22.3 Å². The number of nitrogens with zero attached hydrogens (tertiary/aromatic N) is 3. The summed E-state index contributed by atoms with van der Waals surface area (Å²) < 4.78 is 2.64. The highest BCUT2D eigenvalue weighted by molar-refractivity contribution is 9.10. The number of carbonyl (C=O) groups excluding carboxylic acids is 1. The molecule has 0 N–H and O–H groups in total. The molecule has 0 aromatic carbocycles. The fourth-order valence-electron chi connectivity index (χ4n) is 2.08. The summed E-state index contributed by atoms with van der Waals surface area (Å²) in [6.07, 6.45) is 2.78. The molecular weight excluding hydrogens is 306 g/mol. The Morgan fingerprint density at radius 1 is 1.47 bits per heavy atom. The lowest BCUT2D eigenvalue weighted by molar-refractivity contribution is 0.0985. The van der Waals surface area contributed by atoms with Crippen LogP contribution in [0.1, 0.15) is 34.4 Å². The third-order valence-electron chi connectivity index (χ3n) is 3.13. The highest BCUT2D eigenvalue weighted by atomic mass is 79.9. The van der Waals surface area contributed by atoms with Crippen LogP contribution in [0.3, 0.4) is 0 Å². The van der Waals surface area contributed by atoms with E-state index in [1.54, 1.807) is 10.9 Å². The Morgan fingerprint density at radius 3 is 2.79 bits per heavy atom. The van der Waals surface area contributed by atoms with E-state index in [1.165, 1.54) is 0 Å². The van der Waals surface area contributed by atoms with E-state index in [2.05, 4.69) is 26.0 Å². The van der Waals surface area contributed by atoms with Gasteiger partial charge in [-0.05, 0) is 40.9 Å². The molecule has 2 heterocycles. The molecule has 0 bridgehead atoms. The van der Waals surface area contributed by atoms with Crippen LogP contribution in [0.25, 0.3) is 0 Å². The molecule has 5 heteroatoms. The van der Waals surface area contributed by atoms with E-state index < -0.39 is 0 Å². The number of hydrogen-bond donors (Lipinski definition) is 0. The normalized spacial score (nSPS) is 10.7. The number of pyridine rings is 1. The molecule has 2 rings (SSSR count). The van der Waals surface area contributed by atoms with Crippen molar-refractivity contribution in [1.82, 2.24) is 14.8 Å². The van der Waals surface area contributed by atoms with Gasteiger partial charge in [0, 0.05) is 13.2 Å². The van der Waals surface area contributed by atoms with E-state index in [4.69, 9.17) is 0 Å². The third kappa shape index (κ3) is 2.76. The van der Waals surface area contributed by atoms with Crippen molar-refractivity contribution in [2.45, 2.75) is 26.7 Å². The summed E-state index contributed by atoms with van der Waals surface area (Å²) in [5.41, 5.74) is 3.33. The average molecular weight is 322 g/mol. The number of rotatable bonds is 4. The molecule has 0 aliphatic rings. The molecule has 0 aliphatic carbocycles. The molecule has 0 saturated heterocycles. The summed E-state index contributed by atoms with van der Waals surface area (Å²) in [5, 5.41) is 4.30. The average Bonchev–Trinajstić information content (AvgIpc) is 2.65. The summed E-state index contributed by atoms with van der Waals surface area (Å²) >= 11 is 3.48. The van der Waals surface area contributed by atoms with Crippen LogP contribution in [0.15, 0.2) is 22.8 Å². The number of Topliss-reactive ketones (excluding diaryl/α,β-unsaturated/α-hetero) is 1. The predicted molar refractivity (Wildman–Crippen MR) is 77.3 cm³/mol. The Bertz CT molecular complexity index is 619. The second kappa shape index (κ2) is 5.65. The van der Waals surface area contributed by atoms with Gasteiger partial charge < -0.3 is 0 Å². The monoisotopic (exact) mass is 321 g/mol.